The molecule has 3 aromatic carbocycles. The van der Waals surface area contributed by atoms with E-state index in [0.717, 1.165) is 33.8 Å². The SMILES string of the molecule is O=C(Nc1ccccc1Br)C1CCCN(C(=O)c2cccc3ccccc23)C1. The van der Waals surface area contributed by atoms with Crippen LogP contribution in [0, 0.1) is 5.92 Å². The Bertz CT molecular complexity index is 1030. The summed E-state index contributed by atoms with van der Waals surface area (Å²) in [5.41, 5.74) is 1.45. The molecule has 1 aliphatic rings. The zero-order valence-electron chi connectivity index (χ0n) is 15.4. The molecule has 0 spiro atoms. The van der Waals surface area contributed by atoms with Gasteiger partial charge in [-0.1, -0.05) is 48.5 Å². The van der Waals surface area contributed by atoms with Gasteiger partial charge in [0, 0.05) is 23.1 Å². The third kappa shape index (κ3) is 3.80. The van der Waals surface area contributed by atoms with Gasteiger partial charge in [-0.15, -0.1) is 0 Å². The van der Waals surface area contributed by atoms with E-state index in [1.807, 2.05) is 71.6 Å². The number of anilines is 1. The van der Waals surface area contributed by atoms with Crippen LogP contribution in [-0.2, 0) is 4.79 Å². The van der Waals surface area contributed by atoms with Crippen molar-refractivity contribution in [2.75, 3.05) is 18.4 Å². The van der Waals surface area contributed by atoms with Crippen molar-refractivity contribution in [1.29, 1.82) is 0 Å². The largest absolute Gasteiger partial charge is 0.338 e. The molecular formula is C23H21BrN2O2. The lowest BCUT2D eigenvalue weighted by Crippen LogP contribution is -2.43. The second kappa shape index (κ2) is 8.15. The van der Waals surface area contributed by atoms with Crippen molar-refractivity contribution in [2.24, 2.45) is 5.92 Å². The minimum absolute atomic E-state index is 0.00445. The van der Waals surface area contributed by atoms with Gasteiger partial charge < -0.3 is 10.2 Å². The standard InChI is InChI=1S/C23H21BrN2O2/c24-20-12-3-4-13-21(20)25-22(27)17-9-6-14-26(15-17)23(28)19-11-5-8-16-7-1-2-10-18(16)19/h1-5,7-8,10-13,17H,6,9,14-15H2,(H,25,27). The zero-order valence-corrected chi connectivity index (χ0v) is 17.0. The third-order valence-electron chi connectivity index (χ3n) is 5.23. The van der Waals surface area contributed by atoms with E-state index in [1.54, 1.807) is 0 Å². The number of para-hydroxylation sites is 1. The average Bonchev–Trinajstić information content (AvgIpc) is 2.74. The van der Waals surface area contributed by atoms with Crippen LogP contribution in [0.3, 0.4) is 0 Å². The highest BCUT2D eigenvalue weighted by atomic mass is 79.9. The summed E-state index contributed by atoms with van der Waals surface area (Å²) in [7, 11) is 0. The number of fused-ring (bicyclic) bond motifs is 1. The first-order chi connectivity index (χ1) is 13.6. The molecule has 1 heterocycles. The lowest BCUT2D eigenvalue weighted by atomic mass is 9.95. The van der Waals surface area contributed by atoms with E-state index in [1.165, 1.54) is 0 Å². The number of carbonyl (C=O) groups excluding carboxylic acids is 2. The van der Waals surface area contributed by atoms with Gasteiger partial charge in [0.1, 0.15) is 0 Å². The van der Waals surface area contributed by atoms with Gasteiger partial charge in [-0.3, -0.25) is 9.59 Å². The molecule has 28 heavy (non-hydrogen) atoms. The van der Waals surface area contributed by atoms with Gasteiger partial charge in [0.25, 0.3) is 5.91 Å². The fraction of sp³-hybridized carbons (Fsp3) is 0.217. The second-order valence-electron chi connectivity index (χ2n) is 7.09. The molecule has 1 aliphatic heterocycles. The van der Waals surface area contributed by atoms with Gasteiger partial charge in [-0.25, -0.2) is 0 Å². The van der Waals surface area contributed by atoms with Crippen LogP contribution in [0.25, 0.3) is 10.8 Å². The van der Waals surface area contributed by atoms with Gasteiger partial charge in [0.2, 0.25) is 5.91 Å². The zero-order chi connectivity index (χ0) is 19.5. The number of nitrogens with zero attached hydrogens (tertiary/aromatic N) is 1. The number of likely N-dealkylation sites (tertiary alicyclic amines) is 1. The summed E-state index contributed by atoms with van der Waals surface area (Å²) in [6, 6.07) is 21.3. The molecule has 1 fully saturated rings. The Morgan fingerprint density at radius 2 is 1.71 bits per heavy atom. The maximum atomic E-state index is 13.2. The molecule has 1 atom stereocenters. The van der Waals surface area contributed by atoms with E-state index in [2.05, 4.69) is 21.2 Å². The molecule has 5 heteroatoms. The summed E-state index contributed by atoms with van der Waals surface area (Å²) in [6.45, 7) is 1.12. The van der Waals surface area contributed by atoms with Crippen LogP contribution in [0.15, 0.2) is 71.2 Å². The molecule has 4 rings (SSSR count). The summed E-state index contributed by atoms with van der Waals surface area (Å²) in [4.78, 5) is 27.8. The normalized spacial score (nSPS) is 16.8. The first-order valence-corrected chi connectivity index (χ1v) is 10.3. The van der Waals surface area contributed by atoms with Crippen LogP contribution in [0.4, 0.5) is 5.69 Å². The Kier molecular flexibility index (Phi) is 5.44. The van der Waals surface area contributed by atoms with Crippen LogP contribution < -0.4 is 5.32 Å². The van der Waals surface area contributed by atoms with Crippen LogP contribution in [-0.4, -0.2) is 29.8 Å². The van der Waals surface area contributed by atoms with Gasteiger partial charge in [0.15, 0.2) is 0 Å². The molecule has 3 aromatic rings. The molecule has 142 valence electrons. The van der Waals surface area contributed by atoms with Crippen molar-refractivity contribution >= 4 is 44.2 Å². The van der Waals surface area contributed by atoms with Crippen LogP contribution in [0.1, 0.15) is 23.2 Å². The van der Waals surface area contributed by atoms with E-state index < -0.39 is 0 Å². The second-order valence-corrected chi connectivity index (χ2v) is 7.94. The van der Waals surface area contributed by atoms with Gasteiger partial charge in [-0.05, 0) is 57.7 Å². The summed E-state index contributed by atoms with van der Waals surface area (Å²) >= 11 is 3.46. The number of benzene rings is 3. The van der Waals surface area contributed by atoms with Gasteiger partial charge in [-0.2, -0.15) is 0 Å². The minimum atomic E-state index is -0.209. The number of piperidine rings is 1. The lowest BCUT2D eigenvalue weighted by molar-refractivity contribution is -0.121. The Balaban J connectivity index is 1.51. The predicted molar refractivity (Wildman–Crippen MR) is 115 cm³/mol. The van der Waals surface area contributed by atoms with Crippen LogP contribution >= 0.6 is 15.9 Å². The summed E-state index contributed by atoms with van der Waals surface area (Å²) in [6.07, 6.45) is 1.61. The first-order valence-electron chi connectivity index (χ1n) is 9.46. The van der Waals surface area contributed by atoms with Gasteiger partial charge >= 0.3 is 0 Å². The van der Waals surface area contributed by atoms with E-state index in [4.69, 9.17) is 0 Å². The maximum Gasteiger partial charge on any atom is 0.254 e. The Labute approximate surface area is 172 Å². The van der Waals surface area contributed by atoms with Crippen molar-refractivity contribution in [1.82, 2.24) is 4.90 Å². The van der Waals surface area contributed by atoms with Crippen molar-refractivity contribution in [3.63, 3.8) is 0 Å². The first kappa shape index (κ1) is 18.7. The number of halogens is 1. The van der Waals surface area contributed by atoms with Crippen molar-refractivity contribution in [3.8, 4) is 0 Å². The molecule has 4 nitrogen and oxygen atoms in total. The molecule has 0 bridgehead atoms. The number of nitrogens with one attached hydrogen (secondary N) is 1. The average molecular weight is 437 g/mol. The highest BCUT2D eigenvalue weighted by molar-refractivity contribution is 9.10. The summed E-state index contributed by atoms with van der Waals surface area (Å²) in [5.74, 6) is -0.253. The van der Waals surface area contributed by atoms with E-state index in [-0.39, 0.29) is 17.7 Å². The summed E-state index contributed by atoms with van der Waals surface area (Å²) < 4.78 is 0.850. The number of hydrogen-bond acceptors (Lipinski definition) is 2. The van der Waals surface area contributed by atoms with E-state index in [9.17, 15) is 9.59 Å². The van der Waals surface area contributed by atoms with Crippen molar-refractivity contribution in [3.05, 3.63) is 76.8 Å². The van der Waals surface area contributed by atoms with Crippen LogP contribution in [0.5, 0.6) is 0 Å². The number of hydrogen-bond donors (Lipinski definition) is 1. The van der Waals surface area contributed by atoms with Gasteiger partial charge in [0.05, 0.1) is 11.6 Å². The molecule has 1 saturated heterocycles. The minimum Gasteiger partial charge on any atom is -0.338 e. The molecule has 0 aromatic heterocycles. The quantitative estimate of drug-likeness (QED) is 0.621. The fourth-order valence-electron chi connectivity index (χ4n) is 3.76. The Hall–Kier alpha value is -2.66. The van der Waals surface area contributed by atoms with Crippen molar-refractivity contribution in [2.45, 2.75) is 12.8 Å². The highest BCUT2D eigenvalue weighted by Crippen LogP contribution is 2.26. The molecule has 0 radical (unpaired) electrons. The summed E-state index contributed by atoms with van der Waals surface area (Å²) in [5, 5.41) is 4.99. The monoisotopic (exact) mass is 436 g/mol. The number of rotatable bonds is 3. The van der Waals surface area contributed by atoms with E-state index >= 15 is 0 Å². The molecule has 0 saturated carbocycles. The molecular weight excluding hydrogens is 416 g/mol. The topological polar surface area (TPSA) is 49.4 Å². The van der Waals surface area contributed by atoms with E-state index in [0.29, 0.717) is 18.7 Å². The van der Waals surface area contributed by atoms with Crippen LogP contribution in [0.2, 0.25) is 0 Å². The van der Waals surface area contributed by atoms with Crippen molar-refractivity contribution < 1.29 is 9.59 Å². The molecule has 1 unspecified atom stereocenters. The molecule has 0 aliphatic carbocycles. The Morgan fingerprint density at radius 1 is 0.964 bits per heavy atom. The highest BCUT2D eigenvalue weighted by Gasteiger charge is 2.29. The molecule has 1 N–H and O–H groups in total. The Morgan fingerprint density at radius 3 is 2.57 bits per heavy atom. The maximum absolute atomic E-state index is 13.2. The smallest absolute Gasteiger partial charge is 0.254 e. The predicted octanol–water partition coefficient (Wildman–Crippen LogP) is 5.09. The third-order valence-corrected chi connectivity index (χ3v) is 5.92. The lowest BCUT2D eigenvalue weighted by Gasteiger charge is -2.32. The number of amides is 2. The number of carbonyl (C=O) groups is 2. The molecule has 2 amide bonds. The fourth-order valence-corrected chi connectivity index (χ4v) is 4.14.